The third-order valence-electron chi connectivity index (χ3n) is 3.50. The normalized spacial score (nSPS) is 10.6. The van der Waals surface area contributed by atoms with E-state index in [0.29, 0.717) is 17.4 Å². The van der Waals surface area contributed by atoms with Gasteiger partial charge in [-0.1, -0.05) is 12.1 Å². The van der Waals surface area contributed by atoms with Gasteiger partial charge in [0.25, 0.3) is 0 Å². The fourth-order valence-corrected chi connectivity index (χ4v) is 2.51. The lowest BCUT2D eigenvalue weighted by atomic mass is 9.47. The molecule has 0 bridgehead atoms. The molecule has 0 fully saturated rings. The number of imidazole rings is 1. The Balaban J connectivity index is 2.13. The zero-order valence-corrected chi connectivity index (χ0v) is 12.0. The number of nitrogens with zero attached hydrogens (tertiary/aromatic N) is 3. The summed E-state index contributed by atoms with van der Waals surface area (Å²) >= 11 is 0. The number of benzene rings is 1. The Kier molecular flexibility index (Phi) is 4.04. The lowest BCUT2D eigenvalue weighted by molar-refractivity contribution is -0.653. The minimum absolute atomic E-state index is 0.100. The summed E-state index contributed by atoms with van der Waals surface area (Å²) in [6.45, 7) is 2.19. The minimum Gasteiger partial charge on any atom is -0.298 e. The number of carbonyl (C=O) groups is 1. The molecule has 2 rings (SSSR count). The lowest BCUT2D eigenvalue weighted by Gasteiger charge is -2.17. The predicted molar refractivity (Wildman–Crippen MR) is 78.1 cm³/mol. The Morgan fingerprint density at radius 3 is 2.55 bits per heavy atom. The first-order chi connectivity index (χ1) is 9.52. The number of nitriles is 1. The van der Waals surface area contributed by atoms with Crippen LogP contribution in [0.25, 0.3) is 0 Å². The van der Waals surface area contributed by atoms with Crippen molar-refractivity contribution in [2.75, 3.05) is 0 Å². The van der Waals surface area contributed by atoms with Gasteiger partial charge in [-0.3, -0.25) is 13.9 Å². The fraction of sp³-hybridized carbons (Fsp3) is 0.267. The van der Waals surface area contributed by atoms with Gasteiger partial charge >= 0.3 is 0 Å². The van der Waals surface area contributed by atoms with Crippen molar-refractivity contribution in [1.82, 2.24) is 4.57 Å². The molecule has 0 saturated carbocycles. The van der Waals surface area contributed by atoms with E-state index in [-0.39, 0.29) is 12.5 Å². The Morgan fingerprint density at radius 1 is 1.40 bits per heavy atom. The molecule has 20 heavy (non-hydrogen) atoms. The molecule has 0 aliphatic heterocycles. The summed E-state index contributed by atoms with van der Waals surface area (Å²) in [7, 11) is 3.97. The van der Waals surface area contributed by atoms with E-state index < -0.39 is 0 Å². The maximum absolute atomic E-state index is 12.3. The molecule has 1 aromatic carbocycles. The van der Waals surface area contributed by atoms with Crippen LogP contribution in [0.2, 0.25) is 13.1 Å². The van der Waals surface area contributed by atoms with Crippen LogP contribution >= 0.6 is 0 Å². The third kappa shape index (κ3) is 2.80. The Morgan fingerprint density at radius 2 is 2.05 bits per heavy atom. The molecule has 4 nitrogen and oxygen atoms in total. The summed E-state index contributed by atoms with van der Waals surface area (Å²) in [5.41, 5.74) is 2.35. The molecular formula is C15H17BN3O. The van der Waals surface area contributed by atoms with Gasteiger partial charge in [-0.15, -0.1) is 6.32 Å². The molecule has 0 aliphatic rings. The molecule has 0 unspecified atom stereocenters. The second-order valence-corrected chi connectivity index (χ2v) is 5.10. The number of carbonyl (C=O) groups excluding carboxylic acids is 1. The van der Waals surface area contributed by atoms with Gasteiger partial charge < -0.3 is 0 Å². The van der Waals surface area contributed by atoms with Crippen molar-refractivity contribution in [2.24, 2.45) is 14.1 Å². The molecule has 0 saturated heterocycles. The van der Waals surface area contributed by atoms with Gasteiger partial charge in [-0.05, 0) is 12.1 Å². The topological polar surface area (TPSA) is 49.7 Å². The molecule has 2 aromatic rings. The van der Waals surface area contributed by atoms with Crippen LogP contribution in [-0.2, 0) is 14.1 Å². The zero-order chi connectivity index (χ0) is 14.7. The van der Waals surface area contributed by atoms with Crippen LogP contribution in [-0.4, -0.2) is 17.1 Å². The molecule has 5 heteroatoms. The van der Waals surface area contributed by atoms with Crippen LogP contribution < -0.4 is 10.3 Å². The Bertz CT molecular complexity index is 648. The first-order valence-electron chi connectivity index (χ1n) is 6.57. The van der Waals surface area contributed by atoms with Gasteiger partial charge in [0.2, 0.25) is 0 Å². The summed E-state index contributed by atoms with van der Waals surface area (Å²) in [6, 6.07) is 8.86. The van der Waals surface area contributed by atoms with Gasteiger partial charge in [0, 0.05) is 18.0 Å². The van der Waals surface area contributed by atoms with E-state index in [1.807, 2.05) is 35.6 Å². The molecule has 101 valence electrons. The zero-order valence-electron chi connectivity index (χ0n) is 12.0. The Labute approximate surface area is 119 Å². The standard InChI is InChI=1S/C15H17BN3O/c1-16(15-18(2)8-9-19(15)3)10-14(20)13-6-4-12(11-17)5-7-13/h4-9H,10H2,1-3H3. The second-order valence-electron chi connectivity index (χ2n) is 5.10. The highest BCUT2D eigenvalue weighted by molar-refractivity contribution is 6.73. The van der Waals surface area contributed by atoms with Gasteiger partial charge in [0.05, 0.1) is 25.7 Å². The number of hydrogen-bond acceptors (Lipinski definition) is 2. The van der Waals surface area contributed by atoms with E-state index in [9.17, 15) is 4.79 Å². The van der Waals surface area contributed by atoms with E-state index in [2.05, 4.69) is 12.9 Å². The predicted octanol–water partition coefficient (Wildman–Crippen LogP) is 0.936. The van der Waals surface area contributed by atoms with E-state index in [1.165, 1.54) is 0 Å². The smallest absolute Gasteiger partial charge is 0.126 e. The quantitative estimate of drug-likeness (QED) is 0.469. The average molecular weight is 266 g/mol. The van der Waals surface area contributed by atoms with Gasteiger partial charge in [-0.2, -0.15) is 5.26 Å². The van der Waals surface area contributed by atoms with Crippen molar-refractivity contribution >= 4 is 18.2 Å². The minimum atomic E-state index is 0.100. The summed E-state index contributed by atoms with van der Waals surface area (Å²) in [5, 5.41) is 8.76. The molecule has 1 aromatic heterocycles. The number of Topliss-reactive ketones (excluding diaryl/α,β-unsaturated/α-hetero) is 1. The molecule has 0 aliphatic carbocycles. The number of aromatic nitrogens is 2. The van der Waals surface area contributed by atoms with Crippen LogP contribution in [0.3, 0.4) is 0 Å². The van der Waals surface area contributed by atoms with Crippen molar-refractivity contribution in [3.63, 3.8) is 0 Å². The molecule has 0 atom stereocenters. The van der Waals surface area contributed by atoms with Crippen molar-refractivity contribution in [3.05, 3.63) is 47.8 Å². The molecule has 0 N–H and O–H groups in total. The summed E-state index contributed by atoms with van der Waals surface area (Å²) in [4.78, 5) is 12.3. The number of hydrogen-bond donors (Lipinski definition) is 0. The van der Waals surface area contributed by atoms with Crippen LogP contribution in [0.4, 0.5) is 0 Å². The molecule has 0 spiro atoms. The third-order valence-corrected chi connectivity index (χ3v) is 3.50. The monoisotopic (exact) mass is 266 g/mol. The highest BCUT2D eigenvalue weighted by Gasteiger charge is 2.14. The first-order valence-corrected chi connectivity index (χ1v) is 6.57. The van der Waals surface area contributed by atoms with E-state index in [4.69, 9.17) is 5.26 Å². The van der Waals surface area contributed by atoms with Crippen LogP contribution in [0.1, 0.15) is 15.9 Å². The number of ketones is 1. The van der Waals surface area contributed by atoms with Gasteiger partial charge in [0.1, 0.15) is 18.2 Å². The molecule has 1 radical (unpaired) electrons. The molecule has 0 amide bonds. The van der Waals surface area contributed by atoms with E-state index in [1.54, 1.807) is 24.3 Å². The van der Waals surface area contributed by atoms with Crippen molar-refractivity contribution < 1.29 is 9.36 Å². The molecule has 1 heterocycles. The second kappa shape index (κ2) is 5.75. The first kappa shape index (κ1) is 14.1. The van der Waals surface area contributed by atoms with Crippen LogP contribution in [0.5, 0.6) is 0 Å². The summed E-state index contributed by atoms with van der Waals surface area (Å²) in [6.07, 6.45) is 4.42. The highest BCUT2D eigenvalue weighted by Crippen LogP contribution is 2.08. The van der Waals surface area contributed by atoms with Gasteiger partial charge in [0.15, 0.2) is 0 Å². The summed E-state index contributed by atoms with van der Waals surface area (Å²) in [5.74, 6) is 0.100. The van der Waals surface area contributed by atoms with Crippen LogP contribution in [0.15, 0.2) is 36.7 Å². The van der Waals surface area contributed by atoms with Crippen molar-refractivity contribution in [3.8, 4) is 6.07 Å². The lowest BCUT2D eigenvalue weighted by Crippen LogP contribution is -2.54. The average Bonchev–Trinajstić information content (AvgIpc) is 2.78. The number of rotatable bonds is 4. The van der Waals surface area contributed by atoms with E-state index in [0.717, 1.165) is 5.72 Å². The largest absolute Gasteiger partial charge is 0.298 e. The maximum Gasteiger partial charge on any atom is 0.126 e. The van der Waals surface area contributed by atoms with Crippen molar-refractivity contribution in [1.29, 1.82) is 5.26 Å². The van der Waals surface area contributed by atoms with E-state index >= 15 is 0 Å². The SMILES string of the molecule is C[B-](CC(=O)c1ccc(C#N)cc1)c1n(C)cc[n+]1C. The van der Waals surface area contributed by atoms with Crippen molar-refractivity contribution in [2.45, 2.75) is 13.1 Å². The summed E-state index contributed by atoms with van der Waals surface area (Å²) < 4.78 is 4.08. The highest BCUT2D eigenvalue weighted by atomic mass is 16.1. The maximum atomic E-state index is 12.3. The van der Waals surface area contributed by atoms with Crippen LogP contribution in [0, 0.1) is 11.3 Å². The fourth-order valence-electron chi connectivity index (χ4n) is 2.51. The Hall–Kier alpha value is -2.35. The number of aryl methyl sites for hydroxylation is 2. The molecular weight excluding hydrogens is 249 g/mol. The van der Waals surface area contributed by atoms with Gasteiger partial charge in [-0.25, -0.2) is 6.82 Å².